The quantitative estimate of drug-likeness (QED) is 0.293. The van der Waals surface area contributed by atoms with Crippen molar-refractivity contribution in [3.05, 3.63) is 0 Å². The van der Waals surface area contributed by atoms with Crippen molar-refractivity contribution >= 4 is 5.96 Å². The molecule has 17 heavy (non-hydrogen) atoms. The molecular weight excluding hydrogens is 214 g/mol. The molecule has 0 spiro atoms. The summed E-state index contributed by atoms with van der Waals surface area (Å²) < 4.78 is 0. The van der Waals surface area contributed by atoms with E-state index in [1.54, 1.807) is 0 Å². The van der Waals surface area contributed by atoms with Crippen LogP contribution in [0, 0.1) is 0 Å². The average molecular weight is 241 g/mol. The molecule has 5 heteroatoms. The summed E-state index contributed by atoms with van der Waals surface area (Å²) in [7, 11) is 0. The van der Waals surface area contributed by atoms with Gasteiger partial charge in [-0.3, -0.25) is 15.3 Å². The normalized spacial score (nSPS) is 20.4. The lowest BCUT2D eigenvalue weighted by atomic mass is 10.1. The smallest absolute Gasteiger partial charge is 0.205 e. The molecule has 0 bridgehead atoms. The Labute approximate surface area is 105 Å². The number of likely N-dealkylation sites (tertiary alicyclic amines) is 1. The predicted octanol–water partition coefficient (Wildman–Crippen LogP) is 0.678. The molecule has 0 aromatic heterocycles. The van der Waals surface area contributed by atoms with E-state index in [0.29, 0.717) is 18.0 Å². The molecule has 0 aromatic rings. The fourth-order valence-electron chi connectivity index (χ4n) is 2.10. The fraction of sp³-hybridized carbons (Fsp3) is 0.917. The molecule has 5 nitrogen and oxygen atoms in total. The van der Waals surface area contributed by atoms with Crippen LogP contribution < -0.4 is 16.6 Å². The number of hydrazine groups is 1. The van der Waals surface area contributed by atoms with E-state index in [-0.39, 0.29) is 0 Å². The molecule has 0 saturated carbocycles. The molecule has 1 atom stereocenters. The molecule has 0 radical (unpaired) electrons. The van der Waals surface area contributed by atoms with Gasteiger partial charge in [0.25, 0.3) is 0 Å². The standard InChI is InChI=1S/C12H27N5/c1-10(2)15-12(16-13)14-9-11(3)17-7-5-4-6-8-17/h10-11H,4-9,13H2,1-3H3,(H2,14,15,16). The van der Waals surface area contributed by atoms with Gasteiger partial charge in [0.2, 0.25) is 5.96 Å². The number of guanidine groups is 1. The van der Waals surface area contributed by atoms with Crippen LogP contribution in [0.3, 0.4) is 0 Å². The number of nitrogens with one attached hydrogen (secondary N) is 2. The second-order valence-corrected chi connectivity index (χ2v) is 5.08. The Balaban J connectivity index is 2.37. The third kappa shape index (κ3) is 5.37. The monoisotopic (exact) mass is 241 g/mol. The van der Waals surface area contributed by atoms with Gasteiger partial charge in [0.15, 0.2) is 0 Å². The zero-order valence-electron chi connectivity index (χ0n) is 11.4. The van der Waals surface area contributed by atoms with Crippen LogP contribution in [0.2, 0.25) is 0 Å². The predicted molar refractivity (Wildman–Crippen MR) is 72.8 cm³/mol. The Bertz CT molecular complexity index is 233. The highest BCUT2D eigenvalue weighted by atomic mass is 15.3. The third-order valence-corrected chi connectivity index (χ3v) is 3.09. The molecule has 100 valence electrons. The van der Waals surface area contributed by atoms with Gasteiger partial charge in [0.1, 0.15) is 0 Å². The van der Waals surface area contributed by atoms with Gasteiger partial charge in [-0.1, -0.05) is 6.42 Å². The maximum atomic E-state index is 5.43. The van der Waals surface area contributed by atoms with E-state index >= 15 is 0 Å². The van der Waals surface area contributed by atoms with Crippen molar-refractivity contribution < 1.29 is 0 Å². The lowest BCUT2D eigenvalue weighted by molar-refractivity contribution is 0.178. The van der Waals surface area contributed by atoms with E-state index in [0.717, 1.165) is 6.54 Å². The van der Waals surface area contributed by atoms with Crippen molar-refractivity contribution in [3.63, 3.8) is 0 Å². The zero-order chi connectivity index (χ0) is 12.7. The number of nitrogens with zero attached hydrogens (tertiary/aromatic N) is 2. The Kier molecular flexibility index (Phi) is 6.29. The molecule has 0 aliphatic carbocycles. The second-order valence-electron chi connectivity index (χ2n) is 5.08. The lowest BCUT2D eigenvalue weighted by Crippen LogP contribution is -2.46. The second kappa shape index (κ2) is 7.50. The summed E-state index contributed by atoms with van der Waals surface area (Å²) in [6.07, 6.45) is 4.01. The number of aliphatic imine (C=N–C) groups is 1. The largest absolute Gasteiger partial charge is 0.353 e. The summed E-state index contributed by atoms with van der Waals surface area (Å²) in [5, 5.41) is 3.18. The third-order valence-electron chi connectivity index (χ3n) is 3.09. The maximum absolute atomic E-state index is 5.43. The van der Waals surface area contributed by atoms with E-state index in [9.17, 15) is 0 Å². The van der Waals surface area contributed by atoms with E-state index < -0.39 is 0 Å². The van der Waals surface area contributed by atoms with E-state index in [2.05, 4.69) is 41.4 Å². The maximum Gasteiger partial charge on any atom is 0.205 e. The van der Waals surface area contributed by atoms with Crippen LogP contribution in [0.4, 0.5) is 0 Å². The lowest BCUT2D eigenvalue weighted by Gasteiger charge is -2.31. The van der Waals surface area contributed by atoms with Crippen LogP contribution in [0.1, 0.15) is 40.0 Å². The summed E-state index contributed by atoms with van der Waals surface area (Å²) in [6, 6.07) is 0.836. The first-order chi connectivity index (χ1) is 8.13. The van der Waals surface area contributed by atoms with Crippen molar-refractivity contribution in [2.45, 2.75) is 52.1 Å². The summed E-state index contributed by atoms with van der Waals surface area (Å²) in [4.78, 5) is 7.00. The molecule has 1 heterocycles. The summed E-state index contributed by atoms with van der Waals surface area (Å²) in [5.41, 5.74) is 2.61. The molecule has 1 aliphatic heterocycles. The summed E-state index contributed by atoms with van der Waals surface area (Å²) in [5.74, 6) is 6.11. The first-order valence-electron chi connectivity index (χ1n) is 6.65. The van der Waals surface area contributed by atoms with Gasteiger partial charge < -0.3 is 5.32 Å². The van der Waals surface area contributed by atoms with E-state index in [1.165, 1.54) is 32.4 Å². The minimum absolute atomic E-state index is 0.343. The number of hydrogen-bond donors (Lipinski definition) is 3. The van der Waals surface area contributed by atoms with Gasteiger partial charge in [-0.05, 0) is 46.7 Å². The van der Waals surface area contributed by atoms with Gasteiger partial charge >= 0.3 is 0 Å². The van der Waals surface area contributed by atoms with Crippen molar-refractivity contribution in [1.29, 1.82) is 0 Å². The number of hydrogen-bond acceptors (Lipinski definition) is 3. The van der Waals surface area contributed by atoms with E-state index in [1.807, 2.05) is 0 Å². The van der Waals surface area contributed by atoms with Crippen LogP contribution in [-0.4, -0.2) is 42.6 Å². The van der Waals surface area contributed by atoms with Gasteiger partial charge in [0.05, 0.1) is 6.54 Å². The van der Waals surface area contributed by atoms with Crippen LogP contribution in [0.5, 0.6) is 0 Å². The van der Waals surface area contributed by atoms with Gasteiger partial charge in [0, 0.05) is 12.1 Å². The minimum atomic E-state index is 0.343. The highest BCUT2D eigenvalue weighted by molar-refractivity contribution is 5.79. The molecule has 1 aliphatic rings. The van der Waals surface area contributed by atoms with Gasteiger partial charge in [-0.15, -0.1) is 0 Å². The molecular formula is C12H27N5. The number of nitrogens with two attached hydrogens (primary N) is 1. The highest BCUT2D eigenvalue weighted by Crippen LogP contribution is 2.11. The first-order valence-corrected chi connectivity index (χ1v) is 6.65. The Hall–Kier alpha value is -0.810. The van der Waals surface area contributed by atoms with Crippen LogP contribution in [0.15, 0.2) is 4.99 Å². The first kappa shape index (κ1) is 14.3. The summed E-state index contributed by atoms with van der Waals surface area (Å²) >= 11 is 0. The van der Waals surface area contributed by atoms with Crippen molar-refractivity contribution in [2.75, 3.05) is 19.6 Å². The molecule has 1 fully saturated rings. The van der Waals surface area contributed by atoms with E-state index in [4.69, 9.17) is 5.84 Å². The number of rotatable bonds is 4. The molecule has 1 unspecified atom stereocenters. The van der Waals surface area contributed by atoms with Gasteiger partial charge in [-0.25, -0.2) is 5.84 Å². The fourth-order valence-corrected chi connectivity index (χ4v) is 2.10. The Morgan fingerprint density at radius 1 is 1.24 bits per heavy atom. The summed E-state index contributed by atoms with van der Waals surface area (Å²) in [6.45, 7) is 9.58. The molecule has 4 N–H and O–H groups in total. The Morgan fingerprint density at radius 2 is 1.88 bits per heavy atom. The van der Waals surface area contributed by atoms with Crippen molar-refractivity contribution in [3.8, 4) is 0 Å². The SMILES string of the molecule is CC(C)NC(=NCC(C)N1CCCCC1)NN. The Morgan fingerprint density at radius 3 is 2.41 bits per heavy atom. The van der Waals surface area contributed by atoms with Crippen molar-refractivity contribution in [1.82, 2.24) is 15.6 Å². The number of piperidine rings is 1. The molecule has 1 saturated heterocycles. The van der Waals surface area contributed by atoms with Crippen LogP contribution in [-0.2, 0) is 0 Å². The molecule has 0 amide bonds. The van der Waals surface area contributed by atoms with Crippen LogP contribution >= 0.6 is 0 Å². The molecule has 0 aromatic carbocycles. The van der Waals surface area contributed by atoms with Crippen molar-refractivity contribution in [2.24, 2.45) is 10.8 Å². The highest BCUT2D eigenvalue weighted by Gasteiger charge is 2.16. The van der Waals surface area contributed by atoms with Gasteiger partial charge in [-0.2, -0.15) is 0 Å². The van der Waals surface area contributed by atoms with Crippen LogP contribution in [0.25, 0.3) is 0 Å². The topological polar surface area (TPSA) is 65.7 Å². The zero-order valence-corrected chi connectivity index (χ0v) is 11.4. The molecule has 1 rings (SSSR count). The average Bonchev–Trinajstić information content (AvgIpc) is 2.34. The minimum Gasteiger partial charge on any atom is -0.353 e.